The lowest BCUT2D eigenvalue weighted by Crippen LogP contribution is -2.46. The molecule has 152 valence electrons. The summed E-state index contributed by atoms with van der Waals surface area (Å²) in [5.74, 6) is 1.34. The van der Waals surface area contributed by atoms with Crippen LogP contribution in [0.3, 0.4) is 0 Å². The summed E-state index contributed by atoms with van der Waals surface area (Å²) in [4.78, 5) is 7.07. The van der Waals surface area contributed by atoms with Gasteiger partial charge in [0.2, 0.25) is 0 Å². The molecule has 0 aromatic heterocycles. The molecule has 1 fully saturated rings. The molecule has 0 bridgehead atoms. The summed E-state index contributed by atoms with van der Waals surface area (Å²) < 4.78 is 0. The highest BCUT2D eigenvalue weighted by Crippen LogP contribution is 2.23. The number of benzene rings is 1. The van der Waals surface area contributed by atoms with Crippen molar-refractivity contribution in [2.75, 3.05) is 32.7 Å². The number of rotatable bonds is 7. The second-order valence-corrected chi connectivity index (χ2v) is 8.29. The lowest BCUT2D eigenvalue weighted by atomic mass is 9.97. The normalized spacial score (nSPS) is 20.0. The van der Waals surface area contributed by atoms with Gasteiger partial charge in [-0.05, 0) is 69.8 Å². The van der Waals surface area contributed by atoms with Gasteiger partial charge >= 0.3 is 0 Å². The second kappa shape index (κ2) is 11.1. The zero-order valence-electron chi connectivity index (χ0n) is 16.5. The van der Waals surface area contributed by atoms with Gasteiger partial charge in [-0.25, -0.2) is 0 Å². The van der Waals surface area contributed by atoms with Gasteiger partial charge in [0.1, 0.15) is 0 Å². The van der Waals surface area contributed by atoms with Crippen LogP contribution in [0.15, 0.2) is 23.2 Å². The average Bonchev–Trinajstić information content (AvgIpc) is 2.63. The molecule has 1 aromatic rings. The van der Waals surface area contributed by atoms with E-state index in [2.05, 4.69) is 34.4 Å². The van der Waals surface area contributed by atoms with Gasteiger partial charge < -0.3 is 20.6 Å². The van der Waals surface area contributed by atoms with Crippen molar-refractivity contribution in [1.29, 1.82) is 0 Å². The summed E-state index contributed by atoms with van der Waals surface area (Å²) >= 11 is 12.0. The predicted molar refractivity (Wildman–Crippen MR) is 115 cm³/mol. The van der Waals surface area contributed by atoms with Crippen molar-refractivity contribution in [2.24, 2.45) is 10.9 Å². The molecule has 27 heavy (non-hydrogen) atoms. The Kier molecular flexibility index (Phi) is 9.16. The van der Waals surface area contributed by atoms with Gasteiger partial charge in [0, 0.05) is 35.7 Å². The summed E-state index contributed by atoms with van der Waals surface area (Å²) in [7, 11) is 0. The van der Waals surface area contributed by atoms with Gasteiger partial charge in [0.05, 0.1) is 12.6 Å². The molecule has 3 N–H and O–H groups in total. The van der Waals surface area contributed by atoms with Gasteiger partial charge in [0.25, 0.3) is 0 Å². The third-order valence-electron chi connectivity index (χ3n) is 4.88. The van der Waals surface area contributed by atoms with E-state index in [1.807, 2.05) is 6.92 Å². The lowest BCUT2D eigenvalue weighted by Gasteiger charge is -2.35. The third-order valence-corrected chi connectivity index (χ3v) is 5.31. The molecule has 2 unspecified atom stereocenters. The van der Waals surface area contributed by atoms with Gasteiger partial charge in [0.15, 0.2) is 5.96 Å². The molecule has 7 heteroatoms. The van der Waals surface area contributed by atoms with Crippen LogP contribution in [0.5, 0.6) is 0 Å². The second-order valence-electron chi connectivity index (χ2n) is 7.42. The molecule has 0 amide bonds. The van der Waals surface area contributed by atoms with Crippen molar-refractivity contribution in [1.82, 2.24) is 15.5 Å². The number of halogens is 2. The van der Waals surface area contributed by atoms with Crippen molar-refractivity contribution >= 4 is 29.2 Å². The number of piperidine rings is 1. The molecule has 1 heterocycles. The molecule has 1 aromatic carbocycles. The van der Waals surface area contributed by atoms with E-state index in [-0.39, 0.29) is 6.54 Å². The van der Waals surface area contributed by atoms with E-state index in [0.717, 1.165) is 25.6 Å². The molecule has 0 saturated carbocycles. The van der Waals surface area contributed by atoms with Gasteiger partial charge in [-0.1, -0.05) is 23.2 Å². The number of likely N-dealkylation sites (tertiary alicyclic amines) is 1. The Hall–Kier alpha value is -1.01. The first kappa shape index (κ1) is 22.3. The molecule has 0 spiro atoms. The van der Waals surface area contributed by atoms with Gasteiger partial charge in [-0.2, -0.15) is 0 Å². The molecular weight excluding hydrogens is 383 g/mol. The number of nitrogens with zero attached hydrogens (tertiary/aromatic N) is 2. The maximum absolute atomic E-state index is 10.4. The van der Waals surface area contributed by atoms with E-state index in [1.165, 1.54) is 19.4 Å². The zero-order chi connectivity index (χ0) is 19.8. The van der Waals surface area contributed by atoms with Crippen LogP contribution >= 0.6 is 23.2 Å². The minimum Gasteiger partial charge on any atom is -0.386 e. The Morgan fingerprint density at radius 1 is 1.26 bits per heavy atom. The van der Waals surface area contributed by atoms with E-state index in [9.17, 15) is 5.11 Å². The highest BCUT2D eigenvalue weighted by molar-refractivity contribution is 6.34. The van der Waals surface area contributed by atoms with E-state index in [0.29, 0.717) is 27.6 Å². The van der Waals surface area contributed by atoms with Gasteiger partial charge in [-0.15, -0.1) is 0 Å². The number of hydrogen-bond donors (Lipinski definition) is 3. The number of guanidine groups is 1. The molecular formula is C20H32Cl2N4O. The third kappa shape index (κ3) is 7.49. The summed E-state index contributed by atoms with van der Waals surface area (Å²) in [5.41, 5.74) is 0.673. The monoisotopic (exact) mass is 414 g/mol. The molecule has 0 radical (unpaired) electrons. The number of aliphatic hydroxyl groups excluding tert-OH is 1. The van der Waals surface area contributed by atoms with Crippen molar-refractivity contribution in [3.63, 3.8) is 0 Å². The average molecular weight is 415 g/mol. The highest BCUT2D eigenvalue weighted by Gasteiger charge is 2.21. The Labute approximate surface area is 173 Å². The quantitative estimate of drug-likeness (QED) is 0.470. The van der Waals surface area contributed by atoms with Gasteiger partial charge in [-0.3, -0.25) is 4.99 Å². The van der Waals surface area contributed by atoms with Crippen molar-refractivity contribution in [3.05, 3.63) is 33.8 Å². The maximum Gasteiger partial charge on any atom is 0.191 e. The largest absolute Gasteiger partial charge is 0.386 e. The van der Waals surface area contributed by atoms with Crippen LogP contribution in [-0.4, -0.2) is 54.7 Å². The van der Waals surface area contributed by atoms with E-state index >= 15 is 0 Å². The summed E-state index contributed by atoms with van der Waals surface area (Å²) in [6.07, 6.45) is 1.73. The van der Waals surface area contributed by atoms with E-state index < -0.39 is 6.10 Å². The summed E-state index contributed by atoms with van der Waals surface area (Å²) in [6.45, 7) is 10.8. The van der Waals surface area contributed by atoms with Crippen LogP contribution in [0.2, 0.25) is 10.0 Å². The highest BCUT2D eigenvalue weighted by atomic mass is 35.5. The molecule has 0 aliphatic carbocycles. The molecule has 2 atom stereocenters. The predicted octanol–water partition coefficient (Wildman–Crippen LogP) is 3.70. The fourth-order valence-corrected chi connectivity index (χ4v) is 3.91. The minimum absolute atomic E-state index is 0.245. The SMILES string of the molecule is CCNC(=NCC(O)c1cc(Cl)cc(Cl)c1)NCC1CCCN(C(C)C)C1. The van der Waals surface area contributed by atoms with Crippen LogP contribution in [0.4, 0.5) is 0 Å². The van der Waals surface area contributed by atoms with Crippen LogP contribution in [0.25, 0.3) is 0 Å². The Morgan fingerprint density at radius 3 is 2.59 bits per heavy atom. The van der Waals surface area contributed by atoms with Crippen molar-refractivity contribution in [2.45, 2.75) is 45.8 Å². The van der Waals surface area contributed by atoms with E-state index in [1.54, 1.807) is 18.2 Å². The van der Waals surface area contributed by atoms with Crippen LogP contribution in [0, 0.1) is 5.92 Å². The number of aliphatic hydroxyl groups is 1. The number of hydrogen-bond acceptors (Lipinski definition) is 3. The smallest absolute Gasteiger partial charge is 0.191 e. The first-order chi connectivity index (χ1) is 12.9. The standard InChI is InChI=1S/C20H32Cl2N4O/c1-4-23-20(24-11-15-6-5-7-26(13-15)14(2)3)25-12-19(27)16-8-17(21)10-18(22)9-16/h8-10,14-15,19,27H,4-7,11-13H2,1-3H3,(H2,23,24,25). The molecule has 5 nitrogen and oxygen atoms in total. The Bertz CT molecular complexity index is 604. The van der Waals surface area contributed by atoms with Crippen molar-refractivity contribution in [3.8, 4) is 0 Å². The first-order valence-electron chi connectivity index (χ1n) is 9.79. The first-order valence-corrected chi connectivity index (χ1v) is 10.5. The molecule has 1 saturated heterocycles. The zero-order valence-corrected chi connectivity index (χ0v) is 18.0. The van der Waals surface area contributed by atoms with E-state index in [4.69, 9.17) is 23.2 Å². The lowest BCUT2D eigenvalue weighted by molar-refractivity contribution is 0.141. The fraction of sp³-hybridized carbons (Fsp3) is 0.650. The molecule has 1 aliphatic rings. The Morgan fingerprint density at radius 2 is 1.96 bits per heavy atom. The van der Waals surface area contributed by atoms with Crippen LogP contribution in [0.1, 0.15) is 45.3 Å². The number of aliphatic imine (C=N–C) groups is 1. The Balaban J connectivity index is 1.91. The summed E-state index contributed by atoms with van der Waals surface area (Å²) in [5, 5.41) is 18.1. The fourth-order valence-electron chi connectivity index (χ4n) is 3.37. The van der Waals surface area contributed by atoms with Crippen molar-refractivity contribution < 1.29 is 5.11 Å². The molecule has 1 aliphatic heterocycles. The van der Waals surface area contributed by atoms with Crippen LogP contribution < -0.4 is 10.6 Å². The molecule has 2 rings (SSSR count). The maximum atomic E-state index is 10.4. The number of nitrogens with one attached hydrogen (secondary N) is 2. The van der Waals surface area contributed by atoms with Crippen LogP contribution in [-0.2, 0) is 0 Å². The summed E-state index contributed by atoms with van der Waals surface area (Å²) in [6, 6.07) is 5.68. The minimum atomic E-state index is -0.747. The topological polar surface area (TPSA) is 59.9 Å².